The van der Waals surface area contributed by atoms with Crippen LogP contribution in [0, 0.1) is 0 Å². The second kappa shape index (κ2) is 10.0. The number of nitrogens with one attached hydrogen (secondary N) is 2. The number of anilines is 1. The smallest absolute Gasteiger partial charge is 0.195 e. The molecule has 0 atom stereocenters. The molecule has 0 radical (unpaired) electrons. The molecule has 0 aliphatic heterocycles. The van der Waals surface area contributed by atoms with Crippen molar-refractivity contribution >= 4 is 45.5 Å². The van der Waals surface area contributed by atoms with E-state index in [9.17, 15) is 8.42 Å². The van der Waals surface area contributed by atoms with Crippen LogP contribution in [0.5, 0.6) is 11.5 Å². The number of nitrogens with zero attached hydrogens (tertiary/aromatic N) is 1. The predicted molar refractivity (Wildman–Crippen MR) is 113 cm³/mol. The van der Waals surface area contributed by atoms with Crippen molar-refractivity contribution in [3.8, 4) is 11.5 Å². The zero-order valence-corrected chi connectivity index (χ0v) is 18.7. The van der Waals surface area contributed by atoms with E-state index in [1.54, 1.807) is 54.2 Å². The van der Waals surface area contributed by atoms with Gasteiger partial charge in [0.15, 0.2) is 27.3 Å². The molecule has 0 saturated heterocycles. The Hall–Kier alpha value is -1.23. The highest BCUT2D eigenvalue weighted by Crippen LogP contribution is 2.29. The fourth-order valence-electron chi connectivity index (χ4n) is 1.84. The first kappa shape index (κ1) is 23.8. The van der Waals surface area contributed by atoms with E-state index in [1.165, 1.54) is 0 Å². The summed E-state index contributed by atoms with van der Waals surface area (Å²) < 4.78 is 33.9. The molecule has 0 saturated carbocycles. The van der Waals surface area contributed by atoms with Gasteiger partial charge < -0.3 is 20.1 Å². The number of aliphatic imine (C=N–C) groups is 1. The van der Waals surface area contributed by atoms with Crippen LogP contribution in [0.3, 0.4) is 0 Å². The SMILES string of the molecule is CN=C(NCCS(=O)(=O)C(C)(C)C)Nc1ccc(OC)c(OC)c1.I. The third-order valence-electron chi connectivity index (χ3n) is 3.47. The number of sulfone groups is 1. The molecule has 0 fully saturated rings. The van der Waals surface area contributed by atoms with Crippen LogP contribution in [0.4, 0.5) is 5.69 Å². The molecule has 0 amide bonds. The lowest BCUT2D eigenvalue weighted by molar-refractivity contribution is 0.355. The van der Waals surface area contributed by atoms with Crippen LogP contribution in [-0.2, 0) is 9.84 Å². The van der Waals surface area contributed by atoms with E-state index in [0.717, 1.165) is 5.69 Å². The lowest BCUT2D eigenvalue weighted by atomic mass is 10.3. The Labute approximate surface area is 167 Å². The topological polar surface area (TPSA) is 89.0 Å². The van der Waals surface area contributed by atoms with Gasteiger partial charge in [0.05, 0.1) is 24.7 Å². The fraction of sp³-hybridized carbons (Fsp3) is 0.562. The van der Waals surface area contributed by atoms with Crippen LogP contribution < -0.4 is 20.1 Å². The summed E-state index contributed by atoms with van der Waals surface area (Å²) in [4.78, 5) is 4.09. The lowest BCUT2D eigenvalue weighted by Crippen LogP contribution is -2.38. The molecule has 0 aliphatic carbocycles. The molecule has 144 valence electrons. The van der Waals surface area contributed by atoms with E-state index >= 15 is 0 Å². The third kappa shape index (κ3) is 6.89. The minimum Gasteiger partial charge on any atom is -0.493 e. The largest absolute Gasteiger partial charge is 0.493 e. The van der Waals surface area contributed by atoms with Crippen LogP contribution in [-0.4, -0.2) is 52.7 Å². The zero-order valence-electron chi connectivity index (χ0n) is 15.5. The van der Waals surface area contributed by atoms with Crippen molar-refractivity contribution in [2.24, 2.45) is 4.99 Å². The van der Waals surface area contributed by atoms with Gasteiger partial charge in [0.25, 0.3) is 0 Å². The number of halogens is 1. The van der Waals surface area contributed by atoms with Crippen LogP contribution in [0.25, 0.3) is 0 Å². The van der Waals surface area contributed by atoms with Crippen LogP contribution in [0.15, 0.2) is 23.2 Å². The molecule has 9 heteroatoms. The molecular weight excluding hydrogens is 457 g/mol. The molecule has 1 aromatic rings. The molecule has 0 aromatic heterocycles. The third-order valence-corrected chi connectivity index (χ3v) is 6.07. The average Bonchev–Trinajstić information content (AvgIpc) is 2.52. The van der Waals surface area contributed by atoms with Crippen molar-refractivity contribution in [2.45, 2.75) is 25.5 Å². The Bertz CT molecular complexity index is 685. The van der Waals surface area contributed by atoms with Gasteiger partial charge in [-0.2, -0.15) is 0 Å². The Kier molecular flexibility index (Phi) is 9.55. The molecule has 2 N–H and O–H groups in total. The summed E-state index contributed by atoms with van der Waals surface area (Å²) >= 11 is 0. The maximum absolute atomic E-state index is 12.1. The second-order valence-electron chi connectivity index (χ2n) is 6.12. The van der Waals surface area contributed by atoms with E-state index < -0.39 is 14.6 Å². The van der Waals surface area contributed by atoms with E-state index in [4.69, 9.17) is 9.47 Å². The first-order valence-electron chi connectivity index (χ1n) is 7.56. The van der Waals surface area contributed by atoms with E-state index in [0.29, 0.717) is 17.5 Å². The monoisotopic (exact) mass is 485 g/mol. The molecule has 0 spiro atoms. The molecule has 0 aliphatic rings. The van der Waals surface area contributed by atoms with Gasteiger partial charge in [-0.3, -0.25) is 4.99 Å². The van der Waals surface area contributed by atoms with Crippen LogP contribution in [0.1, 0.15) is 20.8 Å². The van der Waals surface area contributed by atoms with Gasteiger partial charge in [-0.25, -0.2) is 8.42 Å². The first-order chi connectivity index (χ1) is 11.1. The standard InChI is InChI=1S/C16H27N3O4S.HI/c1-16(2,3)24(20,21)10-9-18-15(17-4)19-12-7-8-13(22-5)14(11-12)23-6;/h7-8,11H,9-10H2,1-6H3,(H2,17,18,19);1H. The summed E-state index contributed by atoms with van der Waals surface area (Å²) in [6.07, 6.45) is 0. The quantitative estimate of drug-likeness (QED) is 0.366. The van der Waals surface area contributed by atoms with E-state index in [2.05, 4.69) is 15.6 Å². The van der Waals surface area contributed by atoms with Crippen molar-refractivity contribution in [1.29, 1.82) is 0 Å². The highest BCUT2D eigenvalue weighted by molar-refractivity contribution is 14.0. The Morgan fingerprint density at radius 1 is 1.16 bits per heavy atom. The molecule has 0 unspecified atom stereocenters. The number of hydrogen-bond acceptors (Lipinski definition) is 5. The molecule has 25 heavy (non-hydrogen) atoms. The Morgan fingerprint density at radius 3 is 2.24 bits per heavy atom. The highest BCUT2D eigenvalue weighted by Gasteiger charge is 2.28. The predicted octanol–water partition coefficient (Wildman–Crippen LogP) is 2.52. The molecule has 7 nitrogen and oxygen atoms in total. The van der Waals surface area contributed by atoms with Gasteiger partial charge in [-0.05, 0) is 32.9 Å². The summed E-state index contributed by atoms with van der Waals surface area (Å²) in [6, 6.07) is 5.37. The van der Waals surface area contributed by atoms with Crippen molar-refractivity contribution < 1.29 is 17.9 Å². The zero-order chi connectivity index (χ0) is 18.4. The first-order valence-corrected chi connectivity index (χ1v) is 9.22. The van der Waals surface area contributed by atoms with Crippen molar-refractivity contribution in [3.63, 3.8) is 0 Å². The summed E-state index contributed by atoms with van der Waals surface area (Å²) in [7, 11) is 1.58. The molecule has 0 heterocycles. The highest BCUT2D eigenvalue weighted by atomic mass is 127. The van der Waals surface area contributed by atoms with Gasteiger partial charge in [-0.15, -0.1) is 24.0 Å². The molecular formula is C16H28IN3O4S. The fourth-order valence-corrected chi connectivity index (χ4v) is 2.82. The average molecular weight is 485 g/mol. The van der Waals surface area contributed by atoms with Crippen LogP contribution in [0.2, 0.25) is 0 Å². The minimum atomic E-state index is -3.18. The summed E-state index contributed by atoms with van der Waals surface area (Å²) in [5.41, 5.74) is 0.749. The molecule has 1 aromatic carbocycles. The second-order valence-corrected chi connectivity index (χ2v) is 8.99. The number of guanidine groups is 1. The van der Waals surface area contributed by atoms with Crippen molar-refractivity contribution in [2.75, 3.05) is 38.9 Å². The minimum absolute atomic E-state index is 0. The van der Waals surface area contributed by atoms with Gasteiger partial charge in [0, 0.05) is 25.3 Å². The number of rotatable bonds is 6. The lowest BCUT2D eigenvalue weighted by Gasteiger charge is -2.20. The van der Waals surface area contributed by atoms with Crippen molar-refractivity contribution in [3.05, 3.63) is 18.2 Å². The number of methoxy groups -OCH3 is 2. The van der Waals surface area contributed by atoms with Gasteiger partial charge in [0.1, 0.15) is 0 Å². The Balaban J connectivity index is 0.00000576. The number of ether oxygens (including phenoxy) is 2. The molecule has 0 bridgehead atoms. The maximum atomic E-state index is 12.1. The van der Waals surface area contributed by atoms with Gasteiger partial charge >= 0.3 is 0 Å². The Morgan fingerprint density at radius 2 is 1.76 bits per heavy atom. The molecule has 1 rings (SSSR count). The van der Waals surface area contributed by atoms with Gasteiger partial charge in [0.2, 0.25) is 0 Å². The van der Waals surface area contributed by atoms with E-state index in [-0.39, 0.29) is 36.3 Å². The van der Waals surface area contributed by atoms with Gasteiger partial charge in [-0.1, -0.05) is 0 Å². The van der Waals surface area contributed by atoms with Crippen molar-refractivity contribution in [1.82, 2.24) is 5.32 Å². The van der Waals surface area contributed by atoms with Crippen LogP contribution >= 0.6 is 24.0 Å². The van der Waals surface area contributed by atoms with E-state index in [1.807, 2.05) is 6.07 Å². The summed E-state index contributed by atoms with van der Waals surface area (Å²) in [5.74, 6) is 1.73. The maximum Gasteiger partial charge on any atom is 0.195 e. The summed E-state index contributed by atoms with van der Waals surface area (Å²) in [5, 5.41) is 6.09. The number of benzene rings is 1. The summed E-state index contributed by atoms with van der Waals surface area (Å²) in [6.45, 7) is 5.35. The number of hydrogen-bond donors (Lipinski definition) is 2. The normalized spacial score (nSPS) is 12.2.